The lowest BCUT2D eigenvalue weighted by atomic mass is 10.1. The molecule has 1 N–H and O–H groups in total. The number of benzene rings is 4. The Labute approximate surface area is 239 Å². The number of para-hydroxylation sites is 1. The summed E-state index contributed by atoms with van der Waals surface area (Å²) in [6, 6.07) is 27.8. The van der Waals surface area contributed by atoms with E-state index in [0.29, 0.717) is 52.2 Å². The van der Waals surface area contributed by atoms with Crippen LogP contribution in [0.3, 0.4) is 0 Å². The van der Waals surface area contributed by atoms with Crippen molar-refractivity contribution in [3.05, 3.63) is 113 Å². The molecule has 0 fully saturated rings. The highest BCUT2D eigenvalue weighted by Gasteiger charge is 2.23. The van der Waals surface area contributed by atoms with Crippen molar-refractivity contribution in [3.63, 3.8) is 0 Å². The van der Waals surface area contributed by atoms with E-state index < -0.39 is 10.0 Å². The fourth-order valence-electron chi connectivity index (χ4n) is 3.80. The van der Waals surface area contributed by atoms with Crippen molar-refractivity contribution in [1.29, 1.82) is 0 Å². The van der Waals surface area contributed by atoms with Crippen molar-refractivity contribution in [3.8, 4) is 23.0 Å². The zero-order chi connectivity index (χ0) is 28.5. The van der Waals surface area contributed by atoms with Gasteiger partial charge in [0.25, 0.3) is 5.91 Å². The maximum absolute atomic E-state index is 12.9. The summed E-state index contributed by atoms with van der Waals surface area (Å²) in [5.74, 6) is 2.04. The molecule has 10 heteroatoms. The van der Waals surface area contributed by atoms with Crippen LogP contribution in [0.1, 0.15) is 15.9 Å². The highest BCUT2D eigenvalue weighted by Crippen LogP contribution is 2.36. The topological polar surface area (TPSA) is 94.2 Å². The standard InChI is InChI=1S/C30H29ClN2O6S/c1-37-25-13-15-26(16-14-25)38-19-18-32-30(34)23-10-8-22(9-11-23)21-33(40(2,35)36)28-20-24(31)12-17-29(28)39-27-6-4-3-5-7-27/h3-17,20H,18-19,21H2,1-2H3,(H,32,34). The lowest BCUT2D eigenvalue weighted by molar-refractivity contribution is 0.0947. The molecule has 4 aromatic rings. The molecule has 4 aromatic carbocycles. The van der Waals surface area contributed by atoms with E-state index in [-0.39, 0.29) is 12.5 Å². The summed E-state index contributed by atoms with van der Waals surface area (Å²) >= 11 is 6.24. The zero-order valence-corrected chi connectivity index (χ0v) is 23.6. The number of anilines is 1. The molecule has 0 radical (unpaired) electrons. The molecule has 0 aliphatic carbocycles. The second-order valence-corrected chi connectivity index (χ2v) is 11.1. The molecule has 0 heterocycles. The summed E-state index contributed by atoms with van der Waals surface area (Å²) in [6.07, 6.45) is 1.12. The maximum atomic E-state index is 12.9. The molecule has 0 aromatic heterocycles. The Morgan fingerprint density at radius 1 is 0.875 bits per heavy atom. The normalized spacial score (nSPS) is 11.0. The number of hydrogen-bond donors (Lipinski definition) is 1. The lowest BCUT2D eigenvalue weighted by Crippen LogP contribution is -2.30. The van der Waals surface area contributed by atoms with E-state index in [1.807, 2.05) is 18.2 Å². The number of sulfonamides is 1. The molecule has 0 spiro atoms. The largest absolute Gasteiger partial charge is 0.497 e. The summed E-state index contributed by atoms with van der Waals surface area (Å²) in [5, 5.41) is 3.18. The van der Waals surface area contributed by atoms with Gasteiger partial charge in [0.2, 0.25) is 10.0 Å². The molecule has 0 aliphatic heterocycles. The summed E-state index contributed by atoms with van der Waals surface area (Å²) in [7, 11) is -2.13. The molecule has 8 nitrogen and oxygen atoms in total. The molecule has 0 atom stereocenters. The second-order valence-electron chi connectivity index (χ2n) is 8.77. The van der Waals surface area contributed by atoms with Crippen LogP contribution in [0, 0.1) is 0 Å². The van der Waals surface area contributed by atoms with Gasteiger partial charge in [-0.05, 0) is 72.3 Å². The highest BCUT2D eigenvalue weighted by atomic mass is 35.5. The van der Waals surface area contributed by atoms with Crippen LogP contribution in [-0.4, -0.2) is 40.8 Å². The predicted octanol–water partition coefficient (Wildman–Crippen LogP) is 5.92. The third-order valence-corrected chi connectivity index (χ3v) is 7.18. The first-order valence-corrected chi connectivity index (χ1v) is 14.6. The number of hydrogen-bond acceptors (Lipinski definition) is 6. The molecule has 40 heavy (non-hydrogen) atoms. The number of methoxy groups -OCH3 is 1. The average Bonchev–Trinajstić information content (AvgIpc) is 2.95. The van der Waals surface area contributed by atoms with E-state index in [0.717, 1.165) is 12.0 Å². The monoisotopic (exact) mass is 580 g/mol. The summed E-state index contributed by atoms with van der Waals surface area (Å²) in [6.45, 7) is 0.627. The molecule has 4 rings (SSSR count). The number of ether oxygens (including phenoxy) is 3. The Morgan fingerprint density at radius 2 is 1.55 bits per heavy atom. The highest BCUT2D eigenvalue weighted by molar-refractivity contribution is 7.92. The molecule has 0 bridgehead atoms. The van der Waals surface area contributed by atoms with Gasteiger partial charge in [-0.15, -0.1) is 0 Å². The van der Waals surface area contributed by atoms with E-state index in [1.165, 1.54) is 4.31 Å². The van der Waals surface area contributed by atoms with Crippen LogP contribution in [0.2, 0.25) is 5.02 Å². The van der Waals surface area contributed by atoms with Crippen LogP contribution < -0.4 is 23.8 Å². The first kappa shape index (κ1) is 28.8. The quantitative estimate of drug-likeness (QED) is 0.209. The fourth-order valence-corrected chi connectivity index (χ4v) is 4.85. The Hall–Kier alpha value is -4.21. The van der Waals surface area contributed by atoms with Crippen LogP contribution >= 0.6 is 11.6 Å². The fraction of sp³-hybridized carbons (Fsp3) is 0.167. The molecule has 0 aliphatic rings. The molecule has 0 saturated heterocycles. The van der Waals surface area contributed by atoms with E-state index in [4.69, 9.17) is 25.8 Å². The van der Waals surface area contributed by atoms with Gasteiger partial charge < -0.3 is 19.5 Å². The number of amides is 1. The van der Waals surface area contributed by atoms with Crippen LogP contribution in [-0.2, 0) is 16.6 Å². The van der Waals surface area contributed by atoms with Gasteiger partial charge in [-0.1, -0.05) is 41.9 Å². The van der Waals surface area contributed by atoms with Gasteiger partial charge in [0.15, 0.2) is 5.75 Å². The average molecular weight is 581 g/mol. The molecule has 1 amide bonds. The van der Waals surface area contributed by atoms with Gasteiger partial charge in [-0.2, -0.15) is 0 Å². The Bertz CT molecular complexity index is 1530. The Morgan fingerprint density at radius 3 is 2.20 bits per heavy atom. The number of rotatable bonds is 12. The first-order chi connectivity index (χ1) is 19.2. The van der Waals surface area contributed by atoms with E-state index >= 15 is 0 Å². The van der Waals surface area contributed by atoms with Crippen LogP contribution in [0.15, 0.2) is 97.1 Å². The van der Waals surface area contributed by atoms with Gasteiger partial charge in [-0.3, -0.25) is 9.10 Å². The maximum Gasteiger partial charge on any atom is 0.251 e. The lowest BCUT2D eigenvalue weighted by Gasteiger charge is -2.25. The van der Waals surface area contributed by atoms with Gasteiger partial charge in [0.05, 0.1) is 32.1 Å². The Kier molecular flexibility index (Phi) is 9.52. The van der Waals surface area contributed by atoms with Crippen molar-refractivity contribution in [1.82, 2.24) is 5.32 Å². The number of carbonyl (C=O) groups excluding carboxylic acids is 1. The van der Waals surface area contributed by atoms with Gasteiger partial charge in [0.1, 0.15) is 23.9 Å². The van der Waals surface area contributed by atoms with E-state index in [9.17, 15) is 13.2 Å². The van der Waals surface area contributed by atoms with Gasteiger partial charge >= 0.3 is 0 Å². The second kappa shape index (κ2) is 13.2. The van der Waals surface area contributed by atoms with Crippen molar-refractivity contribution in [2.75, 3.05) is 30.8 Å². The Balaban J connectivity index is 1.41. The number of carbonyl (C=O) groups is 1. The number of nitrogens with one attached hydrogen (secondary N) is 1. The van der Waals surface area contributed by atoms with Crippen LogP contribution in [0.25, 0.3) is 0 Å². The van der Waals surface area contributed by atoms with Crippen LogP contribution in [0.4, 0.5) is 5.69 Å². The van der Waals surface area contributed by atoms with E-state index in [2.05, 4.69) is 5.32 Å². The zero-order valence-electron chi connectivity index (χ0n) is 22.0. The van der Waals surface area contributed by atoms with Crippen molar-refractivity contribution in [2.24, 2.45) is 0 Å². The van der Waals surface area contributed by atoms with Crippen LogP contribution in [0.5, 0.6) is 23.0 Å². The number of nitrogens with zero attached hydrogens (tertiary/aromatic N) is 1. The third-order valence-electron chi connectivity index (χ3n) is 5.82. The molecule has 0 unspecified atom stereocenters. The van der Waals surface area contributed by atoms with Gasteiger partial charge in [0, 0.05) is 10.6 Å². The molecular formula is C30H29ClN2O6S. The van der Waals surface area contributed by atoms with E-state index in [1.54, 1.807) is 86.0 Å². The number of halogens is 1. The molecular weight excluding hydrogens is 552 g/mol. The predicted molar refractivity (Wildman–Crippen MR) is 156 cm³/mol. The molecule has 0 saturated carbocycles. The van der Waals surface area contributed by atoms with Gasteiger partial charge in [-0.25, -0.2) is 8.42 Å². The molecule has 208 valence electrons. The first-order valence-electron chi connectivity index (χ1n) is 12.4. The smallest absolute Gasteiger partial charge is 0.251 e. The van der Waals surface area contributed by atoms with Crippen molar-refractivity contribution >= 4 is 33.2 Å². The third kappa shape index (κ3) is 7.91. The summed E-state index contributed by atoms with van der Waals surface area (Å²) in [4.78, 5) is 12.6. The summed E-state index contributed by atoms with van der Waals surface area (Å²) < 4.78 is 43.7. The van der Waals surface area contributed by atoms with Crippen molar-refractivity contribution in [2.45, 2.75) is 6.54 Å². The SMILES string of the molecule is COc1ccc(OCCNC(=O)c2ccc(CN(c3cc(Cl)ccc3Oc3ccccc3)S(C)(=O)=O)cc2)cc1. The summed E-state index contributed by atoms with van der Waals surface area (Å²) in [5.41, 5.74) is 1.42. The van der Waals surface area contributed by atoms with Crippen molar-refractivity contribution < 1.29 is 27.4 Å². The minimum Gasteiger partial charge on any atom is -0.497 e. The minimum absolute atomic E-state index is 0.0158. The minimum atomic E-state index is -3.72.